The highest BCUT2D eigenvalue weighted by molar-refractivity contribution is 8.26. The summed E-state index contributed by atoms with van der Waals surface area (Å²) in [6.45, 7) is 6.54. The van der Waals surface area contributed by atoms with Crippen molar-refractivity contribution in [2.45, 2.75) is 6.92 Å². The molecule has 4 nitrogen and oxygen atoms in total. The lowest BCUT2D eigenvalue weighted by molar-refractivity contribution is -0.121. The molecule has 22 heavy (non-hydrogen) atoms. The van der Waals surface area contributed by atoms with E-state index in [-0.39, 0.29) is 5.91 Å². The van der Waals surface area contributed by atoms with Crippen LogP contribution >= 0.6 is 24.0 Å². The molecule has 0 radical (unpaired) electrons. The van der Waals surface area contributed by atoms with Gasteiger partial charge in [-0.2, -0.15) is 0 Å². The van der Waals surface area contributed by atoms with Crippen LogP contribution in [-0.2, 0) is 4.79 Å². The second kappa shape index (κ2) is 7.47. The van der Waals surface area contributed by atoms with E-state index in [0.717, 1.165) is 5.56 Å². The number of thioether (sulfide) groups is 1. The van der Waals surface area contributed by atoms with Crippen molar-refractivity contribution in [1.29, 1.82) is 0 Å². The molecule has 1 aromatic carbocycles. The summed E-state index contributed by atoms with van der Waals surface area (Å²) in [5.74, 6) is 1.22. The van der Waals surface area contributed by atoms with Crippen LogP contribution in [0.15, 0.2) is 35.8 Å². The molecule has 0 atom stereocenters. The van der Waals surface area contributed by atoms with Crippen molar-refractivity contribution in [2.75, 3.05) is 20.3 Å². The van der Waals surface area contributed by atoms with Crippen molar-refractivity contribution >= 4 is 40.3 Å². The number of hydrogen-bond acceptors (Lipinski definition) is 5. The van der Waals surface area contributed by atoms with E-state index in [0.29, 0.717) is 33.9 Å². The SMILES string of the molecule is C=CCN1C(=O)/C(=C\c2ccc(OCC)c(OC)c2)SC1=S. The largest absolute Gasteiger partial charge is 0.493 e. The fourth-order valence-corrected chi connectivity index (χ4v) is 3.26. The van der Waals surface area contributed by atoms with Crippen LogP contribution in [-0.4, -0.2) is 35.4 Å². The predicted molar refractivity (Wildman–Crippen MR) is 94.2 cm³/mol. The Hall–Kier alpha value is -1.79. The number of rotatable bonds is 6. The van der Waals surface area contributed by atoms with Gasteiger partial charge in [0, 0.05) is 6.54 Å². The van der Waals surface area contributed by atoms with Crippen molar-refractivity contribution in [3.05, 3.63) is 41.3 Å². The van der Waals surface area contributed by atoms with Crippen LogP contribution in [0, 0.1) is 0 Å². The minimum Gasteiger partial charge on any atom is -0.493 e. The molecule has 1 aliphatic rings. The average Bonchev–Trinajstić information content (AvgIpc) is 2.77. The number of amides is 1. The van der Waals surface area contributed by atoms with Crippen molar-refractivity contribution in [3.63, 3.8) is 0 Å². The van der Waals surface area contributed by atoms with Crippen LogP contribution in [0.1, 0.15) is 12.5 Å². The summed E-state index contributed by atoms with van der Waals surface area (Å²) in [4.78, 5) is 14.4. The average molecular weight is 335 g/mol. The molecule has 0 saturated carbocycles. The first kappa shape index (κ1) is 16.6. The first-order valence-electron chi connectivity index (χ1n) is 6.77. The number of ether oxygens (including phenoxy) is 2. The van der Waals surface area contributed by atoms with Crippen molar-refractivity contribution < 1.29 is 14.3 Å². The molecule has 1 aliphatic heterocycles. The molecule has 0 N–H and O–H groups in total. The van der Waals surface area contributed by atoms with Gasteiger partial charge in [0.25, 0.3) is 5.91 Å². The smallest absolute Gasteiger partial charge is 0.266 e. The van der Waals surface area contributed by atoms with Crippen LogP contribution < -0.4 is 9.47 Å². The van der Waals surface area contributed by atoms with Gasteiger partial charge in [-0.25, -0.2) is 0 Å². The first-order valence-corrected chi connectivity index (χ1v) is 8.00. The zero-order valence-electron chi connectivity index (χ0n) is 12.5. The van der Waals surface area contributed by atoms with E-state index >= 15 is 0 Å². The van der Waals surface area contributed by atoms with Gasteiger partial charge in [0.1, 0.15) is 4.32 Å². The molecule has 2 rings (SSSR count). The Kier molecular flexibility index (Phi) is 5.63. The molecule has 6 heteroatoms. The molecule has 0 unspecified atom stereocenters. The molecule has 116 valence electrons. The summed E-state index contributed by atoms with van der Waals surface area (Å²) in [5, 5.41) is 0. The molecule has 1 amide bonds. The maximum absolute atomic E-state index is 12.3. The number of hydrogen-bond donors (Lipinski definition) is 0. The lowest BCUT2D eigenvalue weighted by Crippen LogP contribution is -2.27. The van der Waals surface area contributed by atoms with Gasteiger partial charge in [-0.1, -0.05) is 36.1 Å². The third kappa shape index (κ3) is 3.51. The maximum atomic E-state index is 12.3. The van der Waals surface area contributed by atoms with Gasteiger partial charge in [-0.3, -0.25) is 9.69 Å². The van der Waals surface area contributed by atoms with E-state index in [1.807, 2.05) is 25.1 Å². The van der Waals surface area contributed by atoms with Gasteiger partial charge in [0.15, 0.2) is 11.5 Å². The minimum absolute atomic E-state index is 0.0947. The summed E-state index contributed by atoms with van der Waals surface area (Å²) in [6, 6.07) is 5.55. The van der Waals surface area contributed by atoms with Crippen LogP contribution in [0.2, 0.25) is 0 Å². The van der Waals surface area contributed by atoms with Gasteiger partial charge in [-0.15, -0.1) is 6.58 Å². The third-order valence-corrected chi connectivity index (χ3v) is 4.35. The fourth-order valence-electron chi connectivity index (χ4n) is 1.99. The van der Waals surface area contributed by atoms with E-state index in [1.165, 1.54) is 16.7 Å². The summed E-state index contributed by atoms with van der Waals surface area (Å²) in [5.41, 5.74) is 0.861. The molecular weight excluding hydrogens is 318 g/mol. The number of carbonyl (C=O) groups is 1. The Balaban J connectivity index is 2.28. The van der Waals surface area contributed by atoms with E-state index < -0.39 is 0 Å². The first-order chi connectivity index (χ1) is 10.6. The monoisotopic (exact) mass is 335 g/mol. The second-order valence-electron chi connectivity index (χ2n) is 4.42. The van der Waals surface area contributed by atoms with Crippen molar-refractivity contribution in [3.8, 4) is 11.5 Å². The summed E-state index contributed by atoms with van der Waals surface area (Å²) < 4.78 is 11.3. The highest BCUT2D eigenvalue weighted by Crippen LogP contribution is 2.34. The van der Waals surface area contributed by atoms with Crippen molar-refractivity contribution in [2.24, 2.45) is 0 Å². The van der Waals surface area contributed by atoms with Gasteiger partial charge in [-0.05, 0) is 30.7 Å². The van der Waals surface area contributed by atoms with Gasteiger partial charge in [0.2, 0.25) is 0 Å². The van der Waals surface area contributed by atoms with Crippen LogP contribution in [0.3, 0.4) is 0 Å². The number of thiocarbonyl (C=S) groups is 1. The highest BCUT2D eigenvalue weighted by Gasteiger charge is 2.30. The Labute approximate surface area is 139 Å². The number of carbonyl (C=O) groups excluding carboxylic acids is 1. The van der Waals surface area contributed by atoms with E-state index in [9.17, 15) is 4.79 Å². The van der Waals surface area contributed by atoms with E-state index in [4.69, 9.17) is 21.7 Å². The van der Waals surface area contributed by atoms with Crippen molar-refractivity contribution in [1.82, 2.24) is 4.90 Å². The molecule has 1 heterocycles. The number of nitrogens with zero attached hydrogens (tertiary/aromatic N) is 1. The Morgan fingerprint density at radius 1 is 1.41 bits per heavy atom. The summed E-state index contributed by atoms with van der Waals surface area (Å²) in [6.07, 6.45) is 3.47. The molecule has 0 bridgehead atoms. The zero-order chi connectivity index (χ0) is 16.1. The lowest BCUT2D eigenvalue weighted by atomic mass is 10.2. The van der Waals surface area contributed by atoms with Crippen LogP contribution in [0.4, 0.5) is 0 Å². The molecule has 0 aliphatic carbocycles. The Morgan fingerprint density at radius 2 is 2.18 bits per heavy atom. The summed E-state index contributed by atoms with van der Waals surface area (Å²) in [7, 11) is 1.59. The molecule has 0 aromatic heterocycles. The molecule has 1 aromatic rings. The van der Waals surface area contributed by atoms with Crippen LogP contribution in [0.25, 0.3) is 6.08 Å². The van der Waals surface area contributed by atoms with Crippen LogP contribution in [0.5, 0.6) is 11.5 Å². The number of methoxy groups -OCH3 is 1. The highest BCUT2D eigenvalue weighted by atomic mass is 32.2. The maximum Gasteiger partial charge on any atom is 0.266 e. The molecular formula is C16H17NO3S2. The third-order valence-electron chi connectivity index (χ3n) is 2.97. The van der Waals surface area contributed by atoms with Gasteiger partial charge >= 0.3 is 0 Å². The second-order valence-corrected chi connectivity index (χ2v) is 6.10. The zero-order valence-corrected chi connectivity index (χ0v) is 14.1. The molecule has 1 fully saturated rings. The quantitative estimate of drug-likeness (QED) is 0.452. The fraction of sp³-hybridized carbons (Fsp3) is 0.250. The standard InChI is InChI=1S/C16H17NO3S2/c1-4-8-17-15(18)14(22-16(17)21)10-11-6-7-12(20-5-2)13(9-11)19-3/h4,6-7,9-10H,1,5,8H2,2-3H3/b14-10+. The number of benzene rings is 1. The minimum atomic E-state index is -0.0947. The van der Waals surface area contributed by atoms with E-state index in [2.05, 4.69) is 6.58 Å². The van der Waals surface area contributed by atoms with Gasteiger partial charge < -0.3 is 9.47 Å². The molecule has 0 spiro atoms. The molecule has 1 saturated heterocycles. The topological polar surface area (TPSA) is 38.8 Å². The predicted octanol–water partition coefficient (Wildman–Crippen LogP) is 3.48. The lowest BCUT2D eigenvalue weighted by Gasteiger charge is -2.10. The van der Waals surface area contributed by atoms with Gasteiger partial charge in [0.05, 0.1) is 18.6 Å². The Morgan fingerprint density at radius 3 is 2.82 bits per heavy atom. The van der Waals surface area contributed by atoms with E-state index in [1.54, 1.807) is 19.3 Å². The summed E-state index contributed by atoms with van der Waals surface area (Å²) >= 11 is 6.51. The normalized spacial score (nSPS) is 16.3. The Bertz CT molecular complexity index is 640.